The highest BCUT2D eigenvalue weighted by atomic mass is 79.9. The number of thiazole rings is 1. The van der Waals surface area contributed by atoms with Crippen LogP contribution in [0.4, 0.5) is 5.82 Å². The molecule has 3 aromatic heterocycles. The average molecular weight is 351 g/mol. The summed E-state index contributed by atoms with van der Waals surface area (Å²) in [5.74, 6) is 0.955. The van der Waals surface area contributed by atoms with E-state index in [1.165, 1.54) is 10.6 Å². The summed E-state index contributed by atoms with van der Waals surface area (Å²) < 4.78 is 6.41. The van der Waals surface area contributed by atoms with Crippen LogP contribution in [0.3, 0.4) is 0 Å². The van der Waals surface area contributed by atoms with Crippen molar-refractivity contribution in [2.75, 3.05) is 11.4 Å². The number of anilines is 1. The maximum Gasteiger partial charge on any atom is 0.231 e. The van der Waals surface area contributed by atoms with Gasteiger partial charge in [-0.05, 0) is 22.9 Å². The second-order valence-electron chi connectivity index (χ2n) is 4.80. The molecule has 0 atom stereocenters. The minimum absolute atomic E-state index is 0.656. The molecule has 0 aromatic carbocycles. The number of furan rings is 1. The van der Waals surface area contributed by atoms with E-state index in [1.54, 1.807) is 23.9 Å². The van der Waals surface area contributed by atoms with Crippen LogP contribution in [-0.4, -0.2) is 21.5 Å². The molecule has 0 radical (unpaired) electrons. The molecule has 0 unspecified atom stereocenters. The van der Waals surface area contributed by atoms with Gasteiger partial charge in [-0.15, -0.1) is 11.3 Å². The van der Waals surface area contributed by atoms with Crippen LogP contribution in [0.1, 0.15) is 16.1 Å². The molecule has 0 aliphatic carbocycles. The Morgan fingerprint density at radius 3 is 3.20 bits per heavy atom. The Balaban J connectivity index is 1.79. The van der Waals surface area contributed by atoms with Gasteiger partial charge in [0.2, 0.25) is 5.71 Å². The number of nitrogens with zero attached hydrogens (tertiary/aromatic N) is 4. The van der Waals surface area contributed by atoms with Crippen molar-refractivity contribution in [1.29, 1.82) is 0 Å². The molecule has 5 nitrogen and oxygen atoms in total. The maximum atomic E-state index is 5.46. The van der Waals surface area contributed by atoms with Crippen molar-refractivity contribution in [3.8, 4) is 0 Å². The number of halogens is 1. The predicted molar refractivity (Wildman–Crippen MR) is 81.1 cm³/mol. The van der Waals surface area contributed by atoms with E-state index in [-0.39, 0.29) is 0 Å². The molecule has 0 bridgehead atoms. The first-order valence-electron chi connectivity index (χ1n) is 6.30. The normalized spacial score (nSPS) is 14.8. The van der Waals surface area contributed by atoms with Crippen LogP contribution in [0.15, 0.2) is 20.9 Å². The van der Waals surface area contributed by atoms with Gasteiger partial charge in [0.15, 0.2) is 3.92 Å². The number of hydrogen-bond donors (Lipinski definition) is 0. The Bertz CT molecular complexity index is 797. The van der Waals surface area contributed by atoms with Gasteiger partial charge in [0, 0.05) is 23.4 Å². The predicted octanol–water partition coefficient (Wildman–Crippen LogP) is 3.31. The molecule has 102 valence electrons. The van der Waals surface area contributed by atoms with Gasteiger partial charge in [-0.1, -0.05) is 0 Å². The number of aromatic nitrogens is 3. The summed E-state index contributed by atoms with van der Waals surface area (Å²) in [5.41, 5.74) is 2.93. The smallest absolute Gasteiger partial charge is 0.231 e. The van der Waals surface area contributed by atoms with Gasteiger partial charge in [0.05, 0.1) is 23.9 Å². The fourth-order valence-corrected chi connectivity index (χ4v) is 4.23. The van der Waals surface area contributed by atoms with Gasteiger partial charge in [-0.2, -0.15) is 0 Å². The molecule has 0 spiro atoms. The molecule has 4 heterocycles. The molecule has 1 aliphatic heterocycles. The molecule has 4 rings (SSSR count). The minimum atomic E-state index is 0.656. The van der Waals surface area contributed by atoms with Gasteiger partial charge in [-0.3, -0.25) is 0 Å². The van der Waals surface area contributed by atoms with E-state index < -0.39 is 0 Å². The van der Waals surface area contributed by atoms with Crippen LogP contribution < -0.4 is 4.90 Å². The van der Waals surface area contributed by atoms with Crippen molar-refractivity contribution < 1.29 is 4.42 Å². The fraction of sp³-hybridized carbons (Fsp3) is 0.308. The van der Waals surface area contributed by atoms with Crippen LogP contribution in [0.2, 0.25) is 0 Å². The van der Waals surface area contributed by atoms with Crippen LogP contribution in [0.25, 0.3) is 11.1 Å². The van der Waals surface area contributed by atoms with Crippen LogP contribution >= 0.6 is 27.3 Å². The number of fused-ring (bicyclic) bond motifs is 2. The third kappa shape index (κ3) is 1.84. The third-order valence-corrected chi connectivity index (χ3v) is 5.07. The van der Waals surface area contributed by atoms with Crippen molar-refractivity contribution in [2.45, 2.75) is 19.9 Å². The average Bonchev–Trinajstić information content (AvgIpc) is 3.00. The van der Waals surface area contributed by atoms with Crippen molar-refractivity contribution >= 4 is 44.2 Å². The Hall–Kier alpha value is -1.47. The summed E-state index contributed by atoms with van der Waals surface area (Å²) in [7, 11) is 0. The van der Waals surface area contributed by atoms with E-state index in [0.29, 0.717) is 5.71 Å². The first kappa shape index (κ1) is 12.3. The maximum absolute atomic E-state index is 5.46. The summed E-state index contributed by atoms with van der Waals surface area (Å²) in [6.45, 7) is 3.78. The van der Waals surface area contributed by atoms with Gasteiger partial charge in [0.25, 0.3) is 0 Å². The lowest BCUT2D eigenvalue weighted by molar-refractivity contribution is 0.599. The molecule has 0 N–H and O–H groups in total. The molecule has 0 saturated heterocycles. The lowest BCUT2D eigenvalue weighted by Gasteiger charge is -2.27. The standard InChI is InChI=1S/C13H11BrN4OS/c1-7-5-19-12-10(7)11(15-6-16-12)18-3-2-8-9(4-18)20-13(14)17-8/h5-6H,2-4H2,1H3. The first-order valence-corrected chi connectivity index (χ1v) is 7.91. The zero-order chi connectivity index (χ0) is 13.7. The molecule has 0 saturated carbocycles. The van der Waals surface area contributed by atoms with E-state index in [1.807, 2.05) is 6.92 Å². The third-order valence-electron chi connectivity index (χ3n) is 3.54. The first-order chi connectivity index (χ1) is 9.72. The second-order valence-corrected chi connectivity index (χ2v) is 7.16. The van der Waals surface area contributed by atoms with Crippen molar-refractivity contribution in [2.24, 2.45) is 0 Å². The fourth-order valence-electron chi connectivity index (χ4n) is 2.58. The quantitative estimate of drug-likeness (QED) is 0.673. The van der Waals surface area contributed by atoms with E-state index in [2.05, 4.69) is 35.8 Å². The molecule has 7 heteroatoms. The molecular weight excluding hydrogens is 340 g/mol. The Morgan fingerprint density at radius 1 is 1.40 bits per heavy atom. The van der Waals surface area contributed by atoms with Gasteiger partial charge >= 0.3 is 0 Å². The summed E-state index contributed by atoms with van der Waals surface area (Å²) in [4.78, 5) is 16.7. The van der Waals surface area contributed by atoms with Crippen molar-refractivity contribution in [3.05, 3.63) is 32.6 Å². The van der Waals surface area contributed by atoms with Crippen molar-refractivity contribution in [1.82, 2.24) is 15.0 Å². The lowest BCUT2D eigenvalue weighted by Crippen LogP contribution is -2.30. The Morgan fingerprint density at radius 2 is 2.30 bits per heavy atom. The van der Waals surface area contributed by atoms with Crippen LogP contribution in [-0.2, 0) is 13.0 Å². The highest BCUT2D eigenvalue weighted by Gasteiger charge is 2.23. The largest absolute Gasteiger partial charge is 0.446 e. The molecule has 20 heavy (non-hydrogen) atoms. The molecule has 0 fully saturated rings. The van der Waals surface area contributed by atoms with E-state index in [4.69, 9.17) is 4.42 Å². The van der Waals surface area contributed by atoms with E-state index in [9.17, 15) is 0 Å². The van der Waals surface area contributed by atoms with Gasteiger partial charge < -0.3 is 9.32 Å². The number of rotatable bonds is 1. The Labute approximate surface area is 127 Å². The molecular formula is C13H11BrN4OS. The second kappa shape index (κ2) is 4.53. The number of hydrogen-bond acceptors (Lipinski definition) is 6. The van der Waals surface area contributed by atoms with Gasteiger partial charge in [-0.25, -0.2) is 15.0 Å². The molecule has 3 aromatic rings. The lowest BCUT2D eigenvalue weighted by atomic mass is 10.1. The molecule has 0 amide bonds. The SMILES string of the molecule is Cc1coc2ncnc(N3CCc4nc(Br)sc4C3)c12. The summed E-state index contributed by atoms with van der Waals surface area (Å²) in [6.07, 6.45) is 4.25. The van der Waals surface area contributed by atoms with E-state index >= 15 is 0 Å². The highest BCUT2D eigenvalue weighted by molar-refractivity contribution is 9.11. The molecule has 1 aliphatic rings. The summed E-state index contributed by atoms with van der Waals surface area (Å²) >= 11 is 5.16. The van der Waals surface area contributed by atoms with Crippen LogP contribution in [0, 0.1) is 6.92 Å². The monoisotopic (exact) mass is 350 g/mol. The Kier molecular flexibility index (Phi) is 2.78. The van der Waals surface area contributed by atoms with Crippen LogP contribution in [0.5, 0.6) is 0 Å². The number of aryl methyl sites for hydroxylation is 1. The topological polar surface area (TPSA) is 55.1 Å². The highest BCUT2D eigenvalue weighted by Crippen LogP contribution is 2.33. The summed E-state index contributed by atoms with van der Waals surface area (Å²) in [6, 6.07) is 0. The van der Waals surface area contributed by atoms with Crippen molar-refractivity contribution in [3.63, 3.8) is 0 Å². The summed E-state index contributed by atoms with van der Waals surface area (Å²) in [5, 5.41) is 1.01. The minimum Gasteiger partial charge on any atom is -0.446 e. The zero-order valence-corrected chi connectivity index (χ0v) is 13.2. The zero-order valence-electron chi connectivity index (χ0n) is 10.8. The van der Waals surface area contributed by atoms with Gasteiger partial charge in [0.1, 0.15) is 12.1 Å². The van der Waals surface area contributed by atoms with E-state index in [0.717, 1.165) is 40.2 Å².